The average Bonchev–Trinajstić information content (AvgIpc) is 2.59. The average molecular weight is 231 g/mol. The number of carboxylic acid groups (broad SMARTS) is 2. The van der Waals surface area contributed by atoms with Crippen molar-refractivity contribution in [1.29, 1.82) is 0 Å². The molecule has 92 valence electrons. The maximum absolute atomic E-state index is 11.3. The summed E-state index contributed by atoms with van der Waals surface area (Å²) < 4.78 is 5.28. The second-order valence-corrected chi connectivity index (χ2v) is 4.23. The summed E-state index contributed by atoms with van der Waals surface area (Å²) in [5.74, 6) is -1.13. The molecule has 1 rings (SSSR count). The predicted molar refractivity (Wildman–Crippen MR) is 55.4 cm³/mol. The van der Waals surface area contributed by atoms with E-state index in [0.29, 0.717) is 12.8 Å². The summed E-state index contributed by atoms with van der Waals surface area (Å²) in [6.45, 7) is 3.74. The molecule has 6 heteroatoms. The van der Waals surface area contributed by atoms with Crippen molar-refractivity contribution in [1.82, 2.24) is 4.90 Å². The molecule has 1 heterocycles. The number of ether oxygens (including phenoxy) is 1. The predicted octanol–water partition coefficient (Wildman–Crippen LogP) is 1.01. The molecule has 0 aliphatic carbocycles. The summed E-state index contributed by atoms with van der Waals surface area (Å²) in [5, 5.41) is 18.2. The lowest BCUT2D eigenvalue weighted by atomic mass is 9.97. The highest BCUT2D eigenvalue weighted by Crippen LogP contribution is 2.30. The number of likely N-dealkylation sites (tertiary alicyclic amines) is 1. The quantitative estimate of drug-likeness (QED) is 0.754. The normalized spacial score (nSPS) is 25.1. The van der Waals surface area contributed by atoms with E-state index in [1.54, 1.807) is 13.8 Å². The van der Waals surface area contributed by atoms with Crippen molar-refractivity contribution in [3.8, 4) is 0 Å². The number of aliphatic carboxylic acids is 1. The van der Waals surface area contributed by atoms with Gasteiger partial charge in [0.1, 0.15) is 0 Å². The maximum Gasteiger partial charge on any atom is 0.408 e. The minimum atomic E-state index is -1.41. The zero-order chi connectivity index (χ0) is 12.3. The Kier molecular flexibility index (Phi) is 3.74. The first-order chi connectivity index (χ1) is 7.40. The zero-order valence-corrected chi connectivity index (χ0v) is 9.47. The number of amides is 1. The second kappa shape index (κ2) is 4.69. The van der Waals surface area contributed by atoms with E-state index in [-0.39, 0.29) is 19.3 Å². The molecule has 0 aromatic heterocycles. The number of carboxylic acids is 1. The number of hydrogen-bond acceptors (Lipinski definition) is 3. The molecule has 1 atom stereocenters. The van der Waals surface area contributed by atoms with Gasteiger partial charge in [0, 0.05) is 6.54 Å². The third-order valence-electron chi connectivity index (χ3n) is 2.77. The molecular weight excluding hydrogens is 214 g/mol. The van der Waals surface area contributed by atoms with Gasteiger partial charge in [-0.25, -0.2) is 9.59 Å². The van der Waals surface area contributed by atoms with Gasteiger partial charge in [-0.3, -0.25) is 4.90 Å². The highest BCUT2D eigenvalue weighted by molar-refractivity contribution is 5.84. The van der Waals surface area contributed by atoms with Crippen molar-refractivity contribution >= 4 is 12.1 Å². The zero-order valence-electron chi connectivity index (χ0n) is 9.47. The summed E-state index contributed by atoms with van der Waals surface area (Å²) >= 11 is 0. The molecule has 2 N–H and O–H groups in total. The van der Waals surface area contributed by atoms with Gasteiger partial charge in [0.15, 0.2) is 5.54 Å². The third kappa shape index (κ3) is 2.27. The number of rotatable bonds is 4. The molecule has 0 bridgehead atoms. The fourth-order valence-electron chi connectivity index (χ4n) is 1.90. The van der Waals surface area contributed by atoms with E-state index in [1.807, 2.05) is 0 Å². The van der Waals surface area contributed by atoms with Crippen molar-refractivity contribution in [2.45, 2.75) is 38.3 Å². The van der Waals surface area contributed by atoms with E-state index in [4.69, 9.17) is 9.84 Å². The van der Waals surface area contributed by atoms with Crippen LogP contribution >= 0.6 is 0 Å². The molecule has 0 aromatic carbocycles. The molecule has 1 aliphatic heterocycles. The highest BCUT2D eigenvalue weighted by Gasteiger charge is 2.50. The van der Waals surface area contributed by atoms with E-state index >= 15 is 0 Å². The fraction of sp³-hybridized carbons (Fsp3) is 0.800. The summed E-state index contributed by atoms with van der Waals surface area (Å²) in [4.78, 5) is 23.2. The fourth-order valence-corrected chi connectivity index (χ4v) is 1.90. The molecule has 1 aliphatic rings. The summed E-state index contributed by atoms with van der Waals surface area (Å²) in [7, 11) is 0. The smallest absolute Gasteiger partial charge is 0.408 e. The number of nitrogens with zero attached hydrogens (tertiary/aromatic N) is 1. The first kappa shape index (κ1) is 12.8. The Morgan fingerprint density at radius 2 is 2.06 bits per heavy atom. The van der Waals surface area contributed by atoms with Crippen LogP contribution in [0.1, 0.15) is 26.7 Å². The van der Waals surface area contributed by atoms with E-state index in [1.165, 1.54) is 0 Å². The van der Waals surface area contributed by atoms with Crippen LogP contribution in [-0.2, 0) is 9.53 Å². The minimum Gasteiger partial charge on any atom is -0.479 e. The number of carbonyl (C=O) groups is 2. The molecular formula is C10H17NO5. The molecule has 0 radical (unpaired) electrons. The lowest BCUT2D eigenvalue weighted by Gasteiger charge is -2.32. The molecule has 1 amide bonds. The Morgan fingerprint density at radius 1 is 1.44 bits per heavy atom. The Balaban J connectivity index is 2.86. The van der Waals surface area contributed by atoms with E-state index in [9.17, 15) is 14.7 Å². The van der Waals surface area contributed by atoms with Crippen LogP contribution in [0.25, 0.3) is 0 Å². The van der Waals surface area contributed by atoms with E-state index in [0.717, 1.165) is 4.90 Å². The van der Waals surface area contributed by atoms with Gasteiger partial charge >= 0.3 is 12.1 Å². The van der Waals surface area contributed by atoms with Crippen LogP contribution in [0.5, 0.6) is 0 Å². The van der Waals surface area contributed by atoms with Gasteiger partial charge in [0.2, 0.25) is 0 Å². The van der Waals surface area contributed by atoms with Gasteiger partial charge in [0.05, 0.1) is 12.7 Å². The topological polar surface area (TPSA) is 87.1 Å². The Morgan fingerprint density at radius 3 is 2.50 bits per heavy atom. The van der Waals surface area contributed by atoms with Crippen LogP contribution < -0.4 is 0 Å². The van der Waals surface area contributed by atoms with E-state index in [2.05, 4.69) is 0 Å². The third-order valence-corrected chi connectivity index (χ3v) is 2.77. The molecule has 0 saturated carbocycles. The lowest BCUT2D eigenvalue weighted by Crippen LogP contribution is -2.56. The van der Waals surface area contributed by atoms with Crippen molar-refractivity contribution in [3.63, 3.8) is 0 Å². The van der Waals surface area contributed by atoms with E-state index < -0.39 is 17.6 Å². The Bertz CT molecular complexity index is 291. The molecule has 0 spiro atoms. The largest absolute Gasteiger partial charge is 0.479 e. The minimum absolute atomic E-state index is 0.0910. The summed E-state index contributed by atoms with van der Waals surface area (Å²) in [6.07, 6.45) is -0.457. The van der Waals surface area contributed by atoms with Crippen molar-refractivity contribution in [3.05, 3.63) is 0 Å². The van der Waals surface area contributed by atoms with Gasteiger partial charge in [-0.05, 0) is 26.7 Å². The van der Waals surface area contributed by atoms with Gasteiger partial charge in [-0.1, -0.05) is 0 Å². The van der Waals surface area contributed by atoms with Crippen molar-refractivity contribution in [2.75, 3.05) is 13.2 Å². The summed E-state index contributed by atoms with van der Waals surface area (Å²) in [6, 6.07) is 0. The number of hydrogen-bond donors (Lipinski definition) is 2. The Labute approximate surface area is 93.8 Å². The maximum atomic E-state index is 11.3. The van der Waals surface area contributed by atoms with Gasteiger partial charge < -0.3 is 14.9 Å². The Hall–Kier alpha value is -1.30. The molecule has 1 fully saturated rings. The first-order valence-corrected chi connectivity index (χ1v) is 5.26. The van der Waals surface area contributed by atoms with Crippen LogP contribution in [0.3, 0.4) is 0 Å². The molecule has 16 heavy (non-hydrogen) atoms. The second-order valence-electron chi connectivity index (χ2n) is 4.23. The van der Waals surface area contributed by atoms with Crippen LogP contribution in [0.15, 0.2) is 0 Å². The molecule has 1 saturated heterocycles. The standard InChI is InChI=1S/C10H17NO5/c1-7(2)16-6-10(8(12)13)4-3-5-11(10)9(14)15/h7H,3-6H2,1-2H3,(H,12,13)(H,14,15). The van der Waals surface area contributed by atoms with Crippen LogP contribution in [-0.4, -0.2) is 52.0 Å². The SMILES string of the molecule is CC(C)OCC1(C(=O)O)CCCN1C(=O)O. The van der Waals surface area contributed by atoms with Gasteiger partial charge in [0.25, 0.3) is 0 Å². The van der Waals surface area contributed by atoms with Crippen molar-refractivity contribution < 1.29 is 24.5 Å². The molecule has 0 aromatic rings. The van der Waals surface area contributed by atoms with Crippen LogP contribution in [0.4, 0.5) is 4.79 Å². The van der Waals surface area contributed by atoms with Gasteiger partial charge in [-0.2, -0.15) is 0 Å². The van der Waals surface area contributed by atoms with Gasteiger partial charge in [-0.15, -0.1) is 0 Å². The highest BCUT2D eigenvalue weighted by atomic mass is 16.5. The molecule has 1 unspecified atom stereocenters. The first-order valence-electron chi connectivity index (χ1n) is 5.26. The molecule has 6 nitrogen and oxygen atoms in total. The lowest BCUT2D eigenvalue weighted by molar-refractivity contribution is -0.153. The van der Waals surface area contributed by atoms with Crippen LogP contribution in [0.2, 0.25) is 0 Å². The van der Waals surface area contributed by atoms with Crippen molar-refractivity contribution in [2.24, 2.45) is 0 Å². The summed E-state index contributed by atoms with van der Waals surface area (Å²) in [5.41, 5.74) is -1.41. The van der Waals surface area contributed by atoms with Crippen LogP contribution in [0, 0.1) is 0 Å². The monoisotopic (exact) mass is 231 g/mol.